The Bertz CT molecular complexity index is 573. The Kier molecular flexibility index (Phi) is 3.31. The second kappa shape index (κ2) is 5.26. The van der Waals surface area contributed by atoms with Gasteiger partial charge in [-0.25, -0.2) is 9.50 Å². The Labute approximate surface area is 111 Å². The number of carbonyl (C=O) groups is 1. The van der Waals surface area contributed by atoms with Crippen molar-refractivity contribution in [3.8, 4) is 0 Å². The molecule has 6 heteroatoms. The second-order valence-electron chi connectivity index (χ2n) is 4.71. The van der Waals surface area contributed by atoms with Gasteiger partial charge in [0.25, 0.3) is 0 Å². The molecule has 1 saturated heterocycles. The van der Waals surface area contributed by atoms with Crippen LogP contribution in [-0.4, -0.2) is 45.0 Å². The maximum absolute atomic E-state index is 11.9. The van der Waals surface area contributed by atoms with Gasteiger partial charge < -0.3 is 10.2 Å². The zero-order valence-electron chi connectivity index (χ0n) is 10.7. The van der Waals surface area contributed by atoms with Crippen LogP contribution in [0, 0.1) is 0 Å². The van der Waals surface area contributed by atoms with Crippen LogP contribution in [-0.2, 0) is 4.79 Å². The predicted molar refractivity (Wildman–Crippen MR) is 71.9 cm³/mol. The summed E-state index contributed by atoms with van der Waals surface area (Å²) in [6.07, 6.45) is 6.36. The molecule has 0 radical (unpaired) electrons. The van der Waals surface area contributed by atoms with Gasteiger partial charge in [0, 0.05) is 38.3 Å². The number of likely N-dealkylation sites (tertiary alicyclic amines) is 1. The van der Waals surface area contributed by atoms with Crippen molar-refractivity contribution in [2.24, 2.45) is 0 Å². The summed E-state index contributed by atoms with van der Waals surface area (Å²) in [4.78, 5) is 18.2. The molecule has 0 aliphatic carbocycles. The first-order chi connectivity index (χ1) is 9.33. The normalized spacial score (nSPS) is 15.1. The molecule has 0 atom stereocenters. The number of anilines is 1. The van der Waals surface area contributed by atoms with E-state index in [-0.39, 0.29) is 5.91 Å². The topological polar surface area (TPSA) is 62.5 Å². The summed E-state index contributed by atoms with van der Waals surface area (Å²) in [5.41, 5.74) is 0.802. The number of nitrogens with zero attached hydrogens (tertiary/aromatic N) is 4. The molecule has 100 valence electrons. The molecule has 0 bridgehead atoms. The first-order valence-corrected chi connectivity index (χ1v) is 6.65. The van der Waals surface area contributed by atoms with E-state index in [9.17, 15) is 4.79 Å². The van der Waals surface area contributed by atoms with Crippen LogP contribution >= 0.6 is 0 Å². The third kappa shape index (κ3) is 2.67. The molecule has 0 unspecified atom stereocenters. The quantitative estimate of drug-likeness (QED) is 0.894. The fourth-order valence-electron chi connectivity index (χ4n) is 2.33. The molecule has 19 heavy (non-hydrogen) atoms. The smallest absolute Gasteiger partial charge is 0.224 e. The number of rotatable bonds is 4. The van der Waals surface area contributed by atoms with Crippen molar-refractivity contribution in [3.63, 3.8) is 0 Å². The zero-order valence-corrected chi connectivity index (χ0v) is 10.7. The number of hydrogen-bond donors (Lipinski definition) is 1. The average Bonchev–Trinajstić information content (AvgIpc) is 3.09. The minimum atomic E-state index is 0.232. The summed E-state index contributed by atoms with van der Waals surface area (Å²) < 4.78 is 1.71. The van der Waals surface area contributed by atoms with Crippen LogP contribution in [0.4, 0.5) is 5.82 Å². The number of carbonyl (C=O) groups excluding carboxylic acids is 1. The zero-order chi connectivity index (χ0) is 13.1. The van der Waals surface area contributed by atoms with E-state index >= 15 is 0 Å². The third-order valence-corrected chi connectivity index (χ3v) is 3.36. The van der Waals surface area contributed by atoms with Crippen molar-refractivity contribution in [3.05, 3.63) is 24.5 Å². The minimum Gasteiger partial charge on any atom is -0.369 e. The summed E-state index contributed by atoms with van der Waals surface area (Å²) in [5.74, 6) is 1.01. The van der Waals surface area contributed by atoms with E-state index in [0.717, 1.165) is 37.4 Å². The lowest BCUT2D eigenvalue weighted by Gasteiger charge is -2.15. The molecule has 1 fully saturated rings. The Morgan fingerprint density at radius 2 is 2.16 bits per heavy atom. The van der Waals surface area contributed by atoms with E-state index in [4.69, 9.17) is 0 Å². The first-order valence-electron chi connectivity index (χ1n) is 6.65. The maximum Gasteiger partial charge on any atom is 0.224 e. The second-order valence-corrected chi connectivity index (χ2v) is 4.71. The molecular formula is C13H17N5O. The lowest BCUT2D eigenvalue weighted by molar-refractivity contribution is -0.129. The molecule has 2 aromatic heterocycles. The Hall–Kier alpha value is -2.11. The highest BCUT2D eigenvalue weighted by Gasteiger charge is 2.16. The molecule has 1 aliphatic rings. The van der Waals surface area contributed by atoms with Crippen LogP contribution in [0.3, 0.4) is 0 Å². The van der Waals surface area contributed by atoms with Gasteiger partial charge in [0.2, 0.25) is 5.91 Å². The summed E-state index contributed by atoms with van der Waals surface area (Å²) >= 11 is 0. The summed E-state index contributed by atoms with van der Waals surface area (Å²) in [6, 6.07) is 3.71. The van der Waals surface area contributed by atoms with Crippen LogP contribution in [0.25, 0.3) is 5.65 Å². The minimum absolute atomic E-state index is 0.232. The first kappa shape index (κ1) is 12.0. The molecule has 0 aromatic carbocycles. The lowest BCUT2D eigenvalue weighted by Crippen LogP contribution is -2.29. The maximum atomic E-state index is 11.9. The monoisotopic (exact) mass is 259 g/mol. The van der Waals surface area contributed by atoms with Crippen molar-refractivity contribution < 1.29 is 4.79 Å². The number of fused-ring (bicyclic) bond motifs is 1. The van der Waals surface area contributed by atoms with Gasteiger partial charge >= 0.3 is 0 Å². The molecule has 3 heterocycles. The fraction of sp³-hybridized carbons (Fsp3) is 0.462. The van der Waals surface area contributed by atoms with Crippen LogP contribution in [0.1, 0.15) is 19.3 Å². The van der Waals surface area contributed by atoms with Gasteiger partial charge in [-0.05, 0) is 18.9 Å². The van der Waals surface area contributed by atoms with Crippen LogP contribution in [0.15, 0.2) is 24.5 Å². The van der Waals surface area contributed by atoms with E-state index in [1.54, 1.807) is 10.7 Å². The Balaban J connectivity index is 1.52. The van der Waals surface area contributed by atoms with E-state index in [0.29, 0.717) is 13.0 Å². The van der Waals surface area contributed by atoms with Crippen molar-refractivity contribution in [1.82, 2.24) is 19.5 Å². The van der Waals surface area contributed by atoms with Crippen LogP contribution in [0.5, 0.6) is 0 Å². The molecule has 6 nitrogen and oxygen atoms in total. The average molecular weight is 259 g/mol. The van der Waals surface area contributed by atoms with Gasteiger partial charge in [0.1, 0.15) is 5.82 Å². The van der Waals surface area contributed by atoms with Gasteiger partial charge in [0.15, 0.2) is 5.65 Å². The predicted octanol–water partition coefficient (Wildman–Crippen LogP) is 1.15. The lowest BCUT2D eigenvalue weighted by atomic mass is 10.3. The van der Waals surface area contributed by atoms with E-state index < -0.39 is 0 Å². The van der Waals surface area contributed by atoms with Crippen LogP contribution < -0.4 is 5.32 Å². The van der Waals surface area contributed by atoms with E-state index in [1.165, 1.54) is 0 Å². The molecule has 2 aromatic rings. The molecule has 1 aliphatic heterocycles. The molecular weight excluding hydrogens is 242 g/mol. The SMILES string of the molecule is O=C(CCNc1ccn2nccc2n1)N1CCCC1. The standard InChI is InChI=1S/C13H17N5O/c19-13(17-8-1-2-9-17)4-6-14-11-5-10-18-12(16-11)3-7-15-18/h3,5,7,10H,1-2,4,6,8-9H2,(H,14,16). The van der Waals surface area contributed by atoms with Crippen LogP contribution in [0.2, 0.25) is 0 Å². The number of nitrogens with one attached hydrogen (secondary N) is 1. The molecule has 3 rings (SSSR count). The summed E-state index contributed by atoms with van der Waals surface area (Å²) in [6.45, 7) is 2.45. The molecule has 1 amide bonds. The van der Waals surface area contributed by atoms with E-state index in [1.807, 2.05) is 23.2 Å². The van der Waals surface area contributed by atoms with Gasteiger partial charge in [-0.15, -0.1) is 0 Å². The van der Waals surface area contributed by atoms with Gasteiger partial charge in [-0.1, -0.05) is 0 Å². The largest absolute Gasteiger partial charge is 0.369 e. The Morgan fingerprint density at radius 3 is 3.00 bits per heavy atom. The van der Waals surface area contributed by atoms with Gasteiger partial charge in [-0.2, -0.15) is 5.10 Å². The van der Waals surface area contributed by atoms with E-state index in [2.05, 4.69) is 15.4 Å². The molecule has 1 N–H and O–H groups in total. The van der Waals surface area contributed by atoms with Crippen molar-refractivity contribution in [2.75, 3.05) is 25.0 Å². The van der Waals surface area contributed by atoms with Gasteiger partial charge in [-0.3, -0.25) is 4.79 Å². The third-order valence-electron chi connectivity index (χ3n) is 3.36. The molecule has 0 saturated carbocycles. The molecule has 0 spiro atoms. The summed E-state index contributed by atoms with van der Waals surface area (Å²) in [7, 11) is 0. The highest BCUT2D eigenvalue weighted by atomic mass is 16.2. The number of hydrogen-bond acceptors (Lipinski definition) is 4. The van der Waals surface area contributed by atoms with Crippen molar-refractivity contribution in [2.45, 2.75) is 19.3 Å². The number of aromatic nitrogens is 3. The van der Waals surface area contributed by atoms with Gasteiger partial charge in [0.05, 0.1) is 6.20 Å². The Morgan fingerprint density at radius 1 is 1.32 bits per heavy atom. The highest BCUT2D eigenvalue weighted by Crippen LogP contribution is 2.09. The van der Waals surface area contributed by atoms with Crippen molar-refractivity contribution in [1.29, 1.82) is 0 Å². The number of amides is 1. The van der Waals surface area contributed by atoms with Crippen molar-refractivity contribution >= 4 is 17.4 Å². The summed E-state index contributed by atoms with van der Waals surface area (Å²) in [5, 5.41) is 7.27. The fourth-order valence-corrected chi connectivity index (χ4v) is 2.33. The highest BCUT2D eigenvalue weighted by molar-refractivity contribution is 5.76.